The van der Waals surface area contributed by atoms with Crippen LogP contribution >= 0.6 is 23.8 Å². The first-order valence-electron chi connectivity index (χ1n) is 8.52. The summed E-state index contributed by atoms with van der Waals surface area (Å²) >= 11 is 11.8. The van der Waals surface area contributed by atoms with E-state index in [1.807, 2.05) is 24.3 Å². The summed E-state index contributed by atoms with van der Waals surface area (Å²) in [5.74, 6) is 2.16. The first-order valence-corrected chi connectivity index (χ1v) is 9.31. The molecule has 1 aliphatic heterocycles. The van der Waals surface area contributed by atoms with Gasteiger partial charge in [0.05, 0.1) is 30.8 Å². The van der Waals surface area contributed by atoms with Gasteiger partial charge in [-0.1, -0.05) is 36.8 Å². The number of benzene rings is 2. The van der Waals surface area contributed by atoms with Gasteiger partial charge in [0.2, 0.25) is 0 Å². The second kappa shape index (κ2) is 8.14. The van der Waals surface area contributed by atoms with Crippen molar-refractivity contribution in [3.05, 3.63) is 40.9 Å². The monoisotopic (exact) mass is 391 g/mol. The Morgan fingerprint density at radius 3 is 2.58 bits per heavy atom. The molecule has 1 heterocycles. The van der Waals surface area contributed by atoms with Crippen LogP contribution in [-0.2, 0) is 6.54 Å². The highest BCUT2D eigenvalue weighted by molar-refractivity contribution is 7.80. The number of halogens is 1. The largest absolute Gasteiger partial charge is 0.495 e. The van der Waals surface area contributed by atoms with Gasteiger partial charge in [-0.3, -0.25) is 0 Å². The Kier molecular flexibility index (Phi) is 5.89. The van der Waals surface area contributed by atoms with Crippen molar-refractivity contribution in [2.24, 2.45) is 0 Å². The number of methoxy groups -OCH3 is 2. The molecule has 0 unspecified atom stereocenters. The fourth-order valence-electron chi connectivity index (χ4n) is 3.08. The van der Waals surface area contributed by atoms with E-state index in [9.17, 15) is 0 Å². The lowest BCUT2D eigenvalue weighted by molar-refractivity contribution is 0.277. The summed E-state index contributed by atoms with van der Waals surface area (Å²) in [6, 6.07) is 9.84. The lowest BCUT2D eigenvalue weighted by Gasteiger charge is -2.22. The number of hydrogen-bond donors (Lipinski definition) is 0. The van der Waals surface area contributed by atoms with Crippen LogP contribution in [0.1, 0.15) is 18.9 Å². The zero-order chi connectivity index (χ0) is 18.7. The molecular formula is C20H22ClNO3S. The number of hydrogen-bond acceptors (Lipinski definition) is 4. The number of rotatable bonds is 4. The van der Waals surface area contributed by atoms with E-state index in [2.05, 4.69) is 17.9 Å². The van der Waals surface area contributed by atoms with Crippen molar-refractivity contribution in [3.8, 4) is 28.4 Å². The molecule has 0 aliphatic carbocycles. The van der Waals surface area contributed by atoms with Gasteiger partial charge in [-0.05, 0) is 41.8 Å². The molecule has 2 aromatic rings. The maximum Gasteiger partial charge on any atom is 0.166 e. The molecule has 2 aromatic carbocycles. The average molecular weight is 392 g/mol. The van der Waals surface area contributed by atoms with Gasteiger partial charge < -0.3 is 19.1 Å². The van der Waals surface area contributed by atoms with Gasteiger partial charge in [-0.2, -0.15) is 0 Å². The van der Waals surface area contributed by atoms with E-state index in [1.54, 1.807) is 14.2 Å². The molecule has 4 nitrogen and oxygen atoms in total. The van der Waals surface area contributed by atoms with Gasteiger partial charge in [0.1, 0.15) is 12.4 Å². The maximum atomic E-state index is 6.30. The highest BCUT2D eigenvalue weighted by Crippen LogP contribution is 2.39. The Morgan fingerprint density at radius 2 is 1.92 bits per heavy atom. The van der Waals surface area contributed by atoms with Crippen molar-refractivity contribution in [3.63, 3.8) is 0 Å². The standard InChI is InChI=1S/C20H22ClNO3S/c1-4-19(26)22-7-8-25-20-15(12-22)9-14(11-18(20)24-3)13-5-6-17(23-2)16(21)10-13/h5-6,9-11H,4,7-8,12H2,1-3H3. The second-order valence-electron chi connectivity index (χ2n) is 6.03. The Hall–Kier alpha value is -1.98. The molecule has 0 saturated heterocycles. The predicted octanol–water partition coefficient (Wildman–Crippen LogP) is 4.96. The Morgan fingerprint density at radius 1 is 1.15 bits per heavy atom. The van der Waals surface area contributed by atoms with Crippen LogP contribution in [0.2, 0.25) is 5.02 Å². The zero-order valence-corrected chi connectivity index (χ0v) is 16.7. The molecule has 0 N–H and O–H groups in total. The summed E-state index contributed by atoms with van der Waals surface area (Å²) < 4.78 is 16.8. The van der Waals surface area contributed by atoms with Crippen LogP contribution < -0.4 is 14.2 Å². The summed E-state index contributed by atoms with van der Waals surface area (Å²) in [5, 5.41) is 0.573. The van der Waals surface area contributed by atoms with Crippen LogP contribution in [0.5, 0.6) is 17.2 Å². The van der Waals surface area contributed by atoms with Gasteiger partial charge in [0, 0.05) is 12.1 Å². The SMILES string of the molecule is CCC(=S)N1CCOc2c(cc(-c3ccc(OC)c(Cl)c3)cc2OC)C1. The van der Waals surface area contributed by atoms with Gasteiger partial charge in [0.15, 0.2) is 11.5 Å². The molecule has 0 radical (unpaired) electrons. The highest BCUT2D eigenvalue weighted by Gasteiger charge is 2.21. The molecule has 0 saturated carbocycles. The molecule has 0 fully saturated rings. The van der Waals surface area contributed by atoms with E-state index in [0.717, 1.165) is 40.4 Å². The molecule has 26 heavy (non-hydrogen) atoms. The lowest BCUT2D eigenvalue weighted by atomic mass is 10.0. The molecular weight excluding hydrogens is 370 g/mol. The minimum atomic E-state index is 0.573. The Balaban J connectivity index is 2.05. The van der Waals surface area contributed by atoms with E-state index in [-0.39, 0.29) is 0 Å². The fourth-order valence-corrected chi connectivity index (χ4v) is 3.50. The Bertz CT molecular complexity index is 825. The molecule has 138 valence electrons. The lowest BCUT2D eigenvalue weighted by Crippen LogP contribution is -2.30. The first kappa shape index (κ1) is 18.8. The first-order chi connectivity index (χ1) is 12.6. The molecule has 0 amide bonds. The van der Waals surface area contributed by atoms with E-state index < -0.39 is 0 Å². The molecule has 0 bridgehead atoms. The molecule has 1 aliphatic rings. The van der Waals surface area contributed by atoms with Crippen molar-refractivity contribution >= 4 is 28.8 Å². The average Bonchev–Trinajstić information content (AvgIpc) is 2.88. The summed E-state index contributed by atoms with van der Waals surface area (Å²) in [7, 11) is 3.26. The fraction of sp³-hybridized carbons (Fsp3) is 0.350. The van der Waals surface area contributed by atoms with E-state index in [4.69, 9.17) is 38.0 Å². The molecule has 6 heteroatoms. The maximum absolute atomic E-state index is 6.30. The summed E-state index contributed by atoms with van der Waals surface area (Å²) in [6.07, 6.45) is 0.843. The Labute approximate surface area is 164 Å². The summed E-state index contributed by atoms with van der Waals surface area (Å²) in [4.78, 5) is 3.13. The second-order valence-corrected chi connectivity index (χ2v) is 6.91. The topological polar surface area (TPSA) is 30.9 Å². The van der Waals surface area contributed by atoms with Crippen molar-refractivity contribution in [2.45, 2.75) is 19.9 Å². The smallest absolute Gasteiger partial charge is 0.166 e. The quantitative estimate of drug-likeness (QED) is 0.688. The summed E-state index contributed by atoms with van der Waals surface area (Å²) in [6.45, 7) is 4.13. The van der Waals surface area contributed by atoms with Crippen LogP contribution in [0.4, 0.5) is 0 Å². The van der Waals surface area contributed by atoms with Crippen LogP contribution in [0.25, 0.3) is 11.1 Å². The number of fused-ring (bicyclic) bond motifs is 1. The minimum absolute atomic E-state index is 0.573. The number of nitrogens with zero attached hydrogens (tertiary/aromatic N) is 1. The predicted molar refractivity (Wildman–Crippen MR) is 109 cm³/mol. The van der Waals surface area contributed by atoms with Crippen LogP contribution in [0, 0.1) is 0 Å². The molecule has 3 rings (SSSR count). The van der Waals surface area contributed by atoms with Gasteiger partial charge >= 0.3 is 0 Å². The minimum Gasteiger partial charge on any atom is -0.495 e. The molecule has 0 aromatic heterocycles. The summed E-state index contributed by atoms with van der Waals surface area (Å²) in [5.41, 5.74) is 3.06. The molecule has 0 spiro atoms. The van der Waals surface area contributed by atoms with Crippen molar-refractivity contribution in [1.82, 2.24) is 4.90 Å². The van der Waals surface area contributed by atoms with Gasteiger partial charge in [-0.25, -0.2) is 0 Å². The van der Waals surface area contributed by atoms with Gasteiger partial charge in [-0.15, -0.1) is 0 Å². The third kappa shape index (κ3) is 3.74. The third-order valence-electron chi connectivity index (χ3n) is 4.46. The number of ether oxygens (including phenoxy) is 3. The normalized spacial score (nSPS) is 13.5. The van der Waals surface area contributed by atoms with E-state index in [1.165, 1.54) is 0 Å². The van der Waals surface area contributed by atoms with E-state index >= 15 is 0 Å². The van der Waals surface area contributed by atoms with Crippen molar-refractivity contribution in [1.29, 1.82) is 0 Å². The highest BCUT2D eigenvalue weighted by atomic mass is 35.5. The number of thiocarbonyl (C=S) groups is 1. The molecule has 0 atom stereocenters. The van der Waals surface area contributed by atoms with Gasteiger partial charge in [0.25, 0.3) is 0 Å². The van der Waals surface area contributed by atoms with Crippen LogP contribution in [0.15, 0.2) is 30.3 Å². The van der Waals surface area contributed by atoms with Crippen LogP contribution in [0.3, 0.4) is 0 Å². The van der Waals surface area contributed by atoms with Crippen molar-refractivity contribution < 1.29 is 14.2 Å². The third-order valence-corrected chi connectivity index (χ3v) is 5.30. The zero-order valence-electron chi connectivity index (χ0n) is 15.2. The van der Waals surface area contributed by atoms with Crippen LogP contribution in [-0.4, -0.2) is 37.3 Å². The van der Waals surface area contributed by atoms with E-state index in [0.29, 0.717) is 29.7 Å². The van der Waals surface area contributed by atoms with Crippen molar-refractivity contribution in [2.75, 3.05) is 27.4 Å².